The van der Waals surface area contributed by atoms with Crippen LogP contribution in [0, 0.1) is 0 Å². The summed E-state index contributed by atoms with van der Waals surface area (Å²) in [6.45, 7) is 0. The molecule has 0 atom stereocenters. The van der Waals surface area contributed by atoms with E-state index in [9.17, 15) is 0 Å². The maximum Gasteiger partial charge on any atom is 0.0625 e. The molecule has 0 unspecified atom stereocenters. The van der Waals surface area contributed by atoms with Crippen LogP contribution in [-0.2, 0) is 6.42 Å². The summed E-state index contributed by atoms with van der Waals surface area (Å²) in [5, 5.41) is 3.81. The minimum atomic E-state index is 0.899. The van der Waals surface area contributed by atoms with Gasteiger partial charge in [0.2, 0.25) is 0 Å². The third-order valence-electron chi connectivity index (χ3n) is 14.1. The van der Waals surface area contributed by atoms with Crippen molar-refractivity contribution in [1.82, 2.24) is 9.13 Å². The zero-order valence-corrected chi connectivity index (χ0v) is 37.6. The highest BCUT2D eigenvalue weighted by Gasteiger charge is 2.28. The van der Waals surface area contributed by atoms with Crippen molar-refractivity contribution >= 4 is 44.4 Å². The second-order valence-electron chi connectivity index (χ2n) is 17.9. The van der Waals surface area contributed by atoms with Gasteiger partial charge in [-0.15, -0.1) is 0 Å². The van der Waals surface area contributed by atoms with Crippen LogP contribution >= 0.6 is 0 Å². The molecule has 0 amide bonds. The summed E-state index contributed by atoms with van der Waals surface area (Å²) in [5.74, 6) is 0. The van der Waals surface area contributed by atoms with Crippen LogP contribution in [0.15, 0.2) is 249 Å². The first-order chi connectivity index (χ1) is 33.8. The van der Waals surface area contributed by atoms with E-state index in [-0.39, 0.29) is 0 Å². The van der Waals surface area contributed by atoms with Crippen molar-refractivity contribution in [1.29, 1.82) is 0 Å². The maximum absolute atomic E-state index is 2.58. The van der Waals surface area contributed by atoms with Gasteiger partial charge < -0.3 is 9.13 Å². The number of allylic oxidation sites excluding steroid dienone is 1. The van der Waals surface area contributed by atoms with Crippen molar-refractivity contribution in [3.8, 4) is 67.0 Å². The highest BCUT2D eigenvalue weighted by molar-refractivity contribution is 6.20. The number of rotatable bonds is 8. The van der Waals surface area contributed by atoms with E-state index in [4.69, 9.17) is 0 Å². The van der Waals surface area contributed by atoms with Gasteiger partial charge in [0, 0.05) is 49.9 Å². The molecule has 0 aliphatic heterocycles. The monoisotopic (exact) mass is 866 g/mol. The quantitative estimate of drug-likeness (QED) is 0.144. The Morgan fingerprint density at radius 3 is 1.25 bits per heavy atom. The molecular weight excluding hydrogens is 821 g/mol. The first-order valence-corrected chi connectivity index (χ1v) is 23.7. The summed E-state index contributed by atoms with van der Waals surface area (Å²) >= 11 is 0. The largest absolute Gasteiger partial charge is 0.312 e. The number of hydrogen-bond acceptors (Lipinski definition) is 0. The average molecular weight is 867 g/mol. The van der Waals surface area contributed by atoms with Crippen molar-refractivity contribution in [3.05, 3.63) is 266 Å². The Bertz CT molecular complexity index is 3830. The fraction of sp³-hybridized carbons (Fsp3) is 0.0303. The molecule has 320 valence electrons. The Kier molecular flexibility index (Phi) is 9.68. The van der Waals surface area contributed by atoms with Crippen LogP contribution in [0.5, 0.6) is 0 Å². The van der Waals surface area contributed by atoms with Gasteiger partial charge in [0.05, 0.1) is 16.6 Å². The third-order valence-corrected chi connectivity index (χ3v) is 14.1. The molecule has 0 saturated heterocycles. The Balaban J connectivity index is 1.08. The summed E-state index contributed by atoms with van der Waals surface area (Å²) in [5.41, 5.74) is 23.4. The van der Waals surface area contributed by atoms with Crippen molar-refractivity contribution in [2.75, 3.05) is 0 Å². The fourth-order valence-corrected chi connectivity index (χ4v) is 11.0. The van der Waals surface area contributed by atoms with Gasteiger partial charge >= 0.3 is 0 Å². The van der Waals surface area contributed by atoms with E-state index in [1.165, 1.54) is 116 Å². The molecule has 12 aromatic rings. The van der Waals surface area contributed by atoms with Crippen molar-refractivity contribution in [2.24, 2.45) is 0 Å². The normalized spacial score (nSPS) is 12.4. The maximum atomic E-state index is 2.58. The van der Waals surface area contributed by atoms with E-state index in [1.807, 2.05) is 0 Å². The molecule has 0 fully saturated rings. The van der Waals surface area contributed by atoms with Crippen LogP contribution in [0.1, 0.15) is 23.2 Å². The van der Waals surface area contributed by atoms with Gasteiger partial charge in [0.15, 0.2) is 0 Å². The van der Waals surface area contributed by atoms with Crippen LogP contribution in [0.2, 0.25) is 0 Å². The summed E-state index contributed by atoms with van der Waals surface area (Å²) in [4.78, 5) is 0. The molecule has 0 saturated carbocycles. The SMILES string of the molecule is C1=C(c2ccc3c(c2)c2c(-c4ccccc4)ccc(-c4ccccc4)c2n3-c2ccccc2)CCc2c1c1c(-c3ccccc3)ccc(-c3ccccc3)c1n2-c1ccc(-c2ccccc2)cc1. The molecule has 1 aliphatic carbocycles. The number of fused-ring (bicyclic) bond motifs is 6. The standard InChI is InChI=1S/C66H46N2/c1-7-19-45(20-8-1)46-31-35-54(36-32-46)68-62-42-34-52(44-60(62)64-56(48-23-11-3-12-24-48)38-40-58(66(64)68)50-27-15-5-16-28-50)51-33-41-61-59(43-51)63-55(47-21-9-2-10-22-47)37-39-57(49-25-13-4-14-26-49)65(63)67(61)53-29-17-6-18-30-53/h1-33,35-41,43-44H,34,42H2. The molecule has 0 bridgehead atoms. The van der Waals surface area contributed by atoms with Gasteiger partial charge in [-0.05, 0) is 111 Å². The second kappa shape index (κ2) is 16.6. The smallest absolute Gasteiger partial charge is 0.0625 e. The van der Waals surface area contributed by atoms with Crippen LogP contribution in [0.25, 0.3) is 111 Å². The van der Waals surface area contributed by atoms with Gasteiger partial charge in [0.1, 0.15) is 0 Å². The van der Waals surface area contributed by atoms with E-state index in [0.29, 0.717) is 0 Å². The third kappa shape index (κ3) is 6.64. The zero-order valence-electron chi connectivity index (χ0n) is 37.6. The van der Waals surface area contributed by atoms with Crippen LogP contribution in [0.4, 0.5) is 0 Å². The van der Waals surface area contributed by atoms with Crippen LogP contribution in [0.3, 0.4) is 0 Å². The number of para-hydroxylation sites is 1. The van der Waals surface area contributed by atoms with Gasteiger partial charge in [0.25, 0.3) is 0 Å². The fourth-order valence-electron chi connectivity index (χ4n) is 11.0. The molecule has 0 spiro atoms. The molecule has 2 heteroatoms. The molecule has 0 radical (unpaired) electrons. The van der Waals surface area contributed by atoms with Gasteiger partial charge in [-0.3, -0.25) is 0 Å². The Morgan fingerprint density at radius 2 is 0.706 bits per heavy atom. The topological polar surface area (TPSA) is 9.86 Å². The summed E-state index contributed by atoms with van der Waals surface area (Å²) < 4.78 is 5.07. The first-order valence-electron chi connectivity index (χ1n) is 23.7. The number of nitrogens with zero attached hydrogens (tertiary/aromatic N) is 2. The summed E-state index contributed by atoms with van der Waals surface area (Å²) in [6, 6.07) is 91.0. The van der Waals surface area contributed by atoms with Crippen molar-refractivity contribution in [3.63, 3.8) is 0 Å². The Hall–Kier alpha value is -8.72. The molecule has 13 rings (SSSR count). The molecule has 1 aliphatic rings. The number of benzene rings is 10. The predicted octanol–water partition coefficient (Wildman–Crippen LogP) is 17.5. The van der Waals surface area contributed by atoms with E-state index >= 15 is 0 Å². The minimum absolute atomic E-state index is 0.899. The lowest BCUT2D eigenvalue weighted by atomic mass is 9.88. The second-order valence-corrected chi connectivity index (χ2v) is 17.9. The number of aromatic nitrogens is 2. The van der Waals surface area contributed by atoms with Gasteiger partial charge in [-0.25, -0.2) is 0 Å². The van der Waals surface area contributed by atoms with Crippen LogP contribution in [-0.4, -0.2) is 9.13 Å². The van der Waals surface area contributed by atoms with E-state index in [2.05, 4.69) is 264 Å². The number of hydrogen-bond donors (Lipinski definition) is 0. The first kappa shape index (κ1) is 39.6. The Labute approximate surface area is 397 Å². The van der Waals surface area contributed by atoms with Gasteiger partial charge in [-0.1, -0.05) is 212 Å². The summed E-state index contributed by atoms with van der Waals surface area (Å²) in [6.07, 6.45) is 4.34. The lowest BCUT2D eigenvalue weighted by Crippen LogP contribution is -2.05. The highest BCUT2D eigenvalue weighted by Crippen LogP contribution is 2.48. The predicted molar refractivity (Wildman–Crippen MR) is 287 cm³/mol. The summed E-state index contributed by atoms with van der Waals surface area (Å²) in [7, 11) is 0. The average Bonchev–Trinajstić information content (AvgIpc) is 3.95. The minimum Gasteiger partial charge on any atom is -0.312 e. The molecule has 2 aromatic heterocycles. The van der Waals surface area contributed by atoms with E-state index in [1.54, 1.807) is 0 Å². The molecule has 10 aromatic carbocycles. The van der Waals surface area contributed by atoms with Crippen molar-refractivity contribution < 1.29 is 0 Å². The van der Waals surface area contributed by atoms with E-state index < -0.39 is 0 Å². The van der Waals surface area contributed by atoms with Crippen molar-refractivity contribution in [2.45, 2.75) is 12.8 Å². The van der Waals surface area contributed by atoms with Gasteiger partial charge in [-0.2, -0.15) is 0 Å². The zero-order chi connectivity index (χ0) is 45.0. The lowest BCUT2D eigenvalue weighted by molar-refractivity contribution is 0.898. The van der Waals surface area contributed by atoms with E-state index in [0.717, 1.165) is 18.5 Å². The lowest BCUT2D eigenvalue weighted by Gasteiger charge is -2.19. The van der Waals surface area contributed by atoms with Crippen LogP contribution < -0.4 is 0 Å². The molecule has 2 heterocycles. The molecular formula is C66H46N2. The molecule has 68 heavy (non-hydrogen) atoms. The Morgan fingerprint density at radius 1 is 0.294 bits per heavy atom. The molecule has 0 N–H and O–H groups in total. The highest BCUT2D eigenvalue weighted by atomic mass is 15.0. The molecule has 2 nitrogen and oxygen atoms in total.